The van der Waals surface area contributed by atoms with Gasteiger partial charge in [0.05, 0.1) is 28.8 Å². The van der Waals surface area contributed by atoms with E-state index in [1.165, 1.54) is 15.5 Å². The molecule has 0 saturated carbocycles. The fourth-order valence-electron chi connectivity index (χ4n) is 3.72. The molecule has 1 saturated heterocycles. The number of carbonyl (C=O) groups is 2. The zero-order chi connectivity index (χ0) is 20.3. The summed E-state index contributed by atoms with van der Waals surface area (Å²) in [7, 11) is 3.69. The maximum Gasteiger partial charge on any atom is 0.277 e. The van der Waals surface area contributed by atoms with Crippen LogP contribution in [0.2, 0.25) is 10.0 Å². The summed E-state index contributed by atoms with van der Waals surface area (Å²) >= 11 is 11.8. The fraction of sp³-hybridized carbons (Fsp3) is 0.400. The number of nitrogens with zero attached hydrogens (tertiary/aromatic N) is 2. The predicted molar refractivity (Wildman–Crippen MR) is 111 cm³/mol. The van der Waals surface area contributed by atoms with E-state index in [9.17, 15) is 9.59 Å². The highest BCUT2D eigenvalue weighted by Crippen LogP contribution is 2.25. The van der Waals surface area contributed by atoms with E-state index in [2.05, 4.69) is 16.0 Å². The molecule has 2 N–H and O–H groups in total. The summed E-state index contributed by atoms with van der Waals surface area (Å²) in [6.07, 6.45) is 4.20. The van der Waals surface area contributed by atoms with Gasteiger partial charge in [-0.05, 0) is 30.3 Å². The second-order valence-electron chi connectivity index (χ2n) is 7.25. The Balaban J connectivity index is 1.54. The van der Waals surface area contributed by atoms with Gasteiger partial charge in [0, 0.05) is 38.8 Å². The van der Waals surface area contributed by atoms with Crippen molar-refractivity contribution >= 4 is 40.7 Å². The van der Waals surface area contributed by atoms with Gasteiger partial charge in [-0.25, -0.2) is 0 Å². The van der Waals surface area contributed by atoms with Crippen molar-refractivity contribution in [3.63, 3.8) is 0 Å². The molecule has 2 heterocycles. The molecule has 1 aliphatic heterocycles. The van der Waals surface area contributed by atoms with Crippen LogP contribution < -0.4 is 10.2 Å². The molecule has 1 unspecified atom stereocenters. The van der Waals surface area contributed by atoms with Gasteiger partial charge < -0.3 is 19.7 Å². The van der Waals surface area contributed by atoms with Gasteiger partial charge in [-0.1, -0.05) is 23.2 Å². The van der Waals surface area contributed by atoms with Crippen LogP contribution in [0.1, 0.15) is 24.6 Å². The molecule has 1 fully saturated rings. The SMILES string of the molecule is CN(CC(=O)Nc1ccc(Cl)c(Cl)c1)C(=O)C[NH+]1CCC[C@@H]1c1cccn1C. The van der Waals surface area contributed by atoms with E-state index in [0.29, 0.717) is 28.3 Å². The van der Waals surface area contributed by atoms with Crippen LogP contribution in [0, 0.1) is 0 Å². The van der Waals surface area contributed by atoms with Crippen LogP contribution in [0.25, 0.3) is 0 Å². The molecule has 2 aromatic rings. The van der Waals surface area contributed by atoms with Crippen LogP contribution in [0.5, 0.6) is 0 Å². The summed E-state index contributed by atoms with van der Waals surface area (Å²) < 4.78 is 2.12. The van der Waals surface area contributed by atoms with E-state index in [-0.39, 0.29) is 18.4 Å². The van der Waals surface area contributed by atoms with Crippen molar-refractivity contribution in [3.8, 4) is 0 Å². The van der Waals surface area contributed by atoms with E-state index >= 15 is 0 Å². The number of hydrogen-bond donors (Lipinski definition) is 2. The number of aryl methyl sites for hydroxylation is 1. The molecule has 1 aromatic heterocycles. The summed E-state index contributed by atoms with van der Waals surface area (Å²) in [4.78, 5) is 27.7. The molecule has 0 bridgehead atoms. The van der Waals surface area contributed by atoms with E-state index in [4.69, 9.17) is 23.2 Å². The van der Waals surface area contributed by atoms with Crippen molar-refractivity contribution in [1.29, 1.82) is 0 Å². The van der Waals surface area contributed by atoms with Crippen LogP contribution in [-0.4, -0.2) is 48.0 Å². The fourth-order valence-corrected chi connectivity index (χ4v) is 4.02. The molecule has 1 aromatic carbocycles. The van der Waals surface area contributed by atoms with Crippen molar-refractivity contribution in [2.24, 2.45) is 7.05 Å². The number of amides is 2. The number of benzene rings is 1. The number of rotatable bonds is 6. The normalized spacial score (nSPS) is 18.9. The van der Waals surface area contributed by atoms with Crippen molar-refractivity contribution in [2.75, 3.05) is 32.0 Å². The molecule has 0 radical (unpaired) electrons. The molecule has 8 heteroatoms. The minimum atomic E-state index is -0.273. The Bertz CT molecular complexity index is 868. The first-order valence-corrected chi connectivity index (χ1v) is 10.1. The number of nitrogens with one attached hydrogen (secondary N) is 2. The average Bonchev–Trinajstić information content (AvgIpc) is 3.26. The van der Waals surface area contributed by atoms with Gasteiger partial charge in [0.2, 0.25) is 5.91 Å². The molecule has 150 valence electrons. The van der Waals surface area contributed by atoms with Gasteiger partial charge in [-0.15, -0.1) is 0 Å². The molecule has 6 nitrogen and oxygen atoms in total. The van der Waals surface area contributed by atoms with Gasteiger partial charge >= 0.3 is 0 Å². The largest absolute Gasteiger partial charge is 0.350 e. The van der Waals surface area contributed by atoms with Gasteiger partial charge in [0.15, 0.2) is 6.54 Å². The van der Waals surface area contributed by atoms with E-state index in [0.717, 1.165) is 19.4 Å². The first kappa shape index (κ1) is 20.7. The molecule has 2 atom stereocenters. The molecule has 0 spiro atoms. The molecular formula is C20H25Cl2N4O2+. The third-order valence-electron chi connectivity index (χ3n) is 5.21. The summed E-state index contributed by atoms with van der Waals surface area (Å²) in [6.45, 7) is 1.33. The predicted octanol–water partition coefficient (Wildman–Crippen LogP) is 2.15. The lowest BCUT2D eigenvalue weighted by molar-refractivity contribution is -0.911. The Morgan fingerprint density at radius 2 is 2.07 bits per heavy atom. The van der Waals surface area contributed by atoms with Crippen molar-refractivity contribution in [3.05, 3.63) is 52.3 Å². The maximum atomic E-state index is 12.7. The Labute approximate surface area is 175 Å². The van der Waals surface area contributed by atoms with Crippen molar-refractivity contribution < 1.29 is 14.5 Å². The molecule has 2 amide bonds. The number of aromatic nitrogens is 1. The van der Waals surface area contributed by atoms with Crippen LogP contribution in [-0.2, 0) is 16.6 Å². The lowest BCUT2D eigenvalue weighted by atomic mass is 10.1. The lowest BCUT2D eigenvalue weighted by Crippen LogP contribution is -3.11. The van der Waals surface area contributed by atoms with E-state index in [1.807, 2.05) is 19.3 Å². The standard InChI is InChI=1S/C20H24Cl2N4O2/c1-24-9-3-5-17(24)18-6-4-10-26(18)13-20(28)25(2)12-19(27)23-14-7-8-15(21)16(22)11-14/h3,5,7-9,11,18H,4,6,10,12-13H2,1-2H3,(H,23,27)/p+1/t18-/m1/s1. The Hall–Kier alpha value is -2.02. The van der Waals surface area contributed by atoms with Crippen LogP contribution in [0.4, 0.5) is 5.69 Å². The van der Waals surface area contributed by atoms with Gasteiger partial charge in [0.1, 0.15) is 6.04 Å². The first-order chi connectivity index (χ1) is 13.3. The van der Waals surface area contributed by atoms with Gasteiger partial charge in [-0.2, -0.15) is 0 Å². The second kappa shape index (κ2) is 8.99. The minimum absolute atomic E-state index is 0.0127. The number of anilines is 1. The van der Waals surface area contributed by atoms with Gasteiger partial charge in [-0.3, -0.25) is 9.59 Å². The topological polar surface area (TPSA) is 58.8 Å². The number of carbonyl (C=O) groups excluding carboxylic acids is 2. The number of likely N-dealkylation sites (N-methyl/N-ethyl adjacent to an activating group) is 1. The summed E-state index contributed by atoms with van der Waals surface area (Å²) in [5.41, 5.74) is 1.80. The molecule has 1 aliphatic rings. The first-order valence-electron chi connectivity index (χ1n) is 9.30. The van der Waals surface area contributed by atoms with Gasteiger partial charge in [0.25, 0.3) is 5.91 Å². The minimum Gasteiger partial charge on any atom is -0.350 e. The Kier molecular flexibility index (Phi) is 6.65. The van der Waals surface area contributed by atoms with Crippen LogP contribution >= 0.6 is 23.2 Å². The number of halogens is 2. The molecular weight excluding hydrogens is 399 g/mol. The number of likely N-dealkylation sites (tertiary alicyclic amines) is 1. The van der Waals surface area contributed by atoms with Crippen LogP contribution in [0.3, 0.4) is 0 Å². The quantitative estimate of drug-likeness (QED) is 0.747. The smallest absolute Gasteiger partial charge is 0.277 e. The highest BCUT2D eigenvalue weighted by Gasteiger charge is 2.33. The number of quaternary nitrogens is 1. The molecule has 3 rings (SSSR count). The third kappa shape index (κ3) is 4.87. The highest BCUT2D eigenvalue weighted by molar-refractivity contribution is 6.42. The monoisotopic (exact) mass is 423 g/mol. The van der Waals surface area contributed by atoms with Crippen LogP contribution in [0.15, 0.2) is 36.5 Å². The summed E-state index contributed by atoms with van der Waals surface area (Å²) in [5.74, 6) is -0.315. The van der Waals surface area contributed by atoms with E-state index in [1.54, 1.807) is 25.2 Å². The zero-order valence-corrected chi connectivity index (χ0v) is 17.6. The Morgan fingerprint density at radius 1 is 1.29 bits per heavy atom. The third-order valence-corrected chi connectivity index (χ3v) is 5.95. The van der Waals surface area contributed by atoms with Crippen molar-refractivity contribution in [2.45, 2.75) is 18.9 Å². The van der Waals surface area contributed by atoms with Crippen molar-refractivity contribution in [1.82, 2.24) is 9.47 Å². The summed E-state index contributed by atoms with van der Waals surface area (Å²) in [5, 5.41) is 3.54. The molecule has 28 heavy (non-hydrogen) atoms. The number of hydrogen-bond acceptors (Lipinski definition) is 2. The Morgan fingerprint density at radius 3 is 2.75 bits per heavy atom. The maximum absolute atomic E-state index is 12.7. The molecule has 0 aliphatic carbocycles. The summed E-state index contributed by atoms with van der Waals surface area (Å²) in [6, 6.07) is 9.35. The highest BCUT2D eigenvalue weighted by atomic mass is 35.5. The zero-order valence-electron chi connectivity index (χ0n) is 16.0. The average molecular weight is 424 g/mol. The lowest BCUT2D eigenvalue weighted by Gasteiger charge is -2.24. The van der Waals surface area contributed by atoms with E-state index < -0.39 is 0 Å². The second-order valence-corrected chi connectivity index (χ2v) is 8.07.